The van der Waals surface area contributed by atoms with Crippen LogP contribution in [0.3, 0.4) is 0 Å². The van der Waals surface area contributed by atoms with E-state index in [2.05, 4.69) is 65.2 Å². The van der Waals surface area contributed by atoms with Gasteiger partial charge in [-0.3, -0.25) is 4.79 Å². The number of tetrazole rings is 1. The van der Waals surface area contributed by atoms with Gasteiger partial charge in [0.1, 0.15) is 0 Å². The molecule has 1 saturated heterocycles. The first-order chi connectivity index (χ1) is 15.5. The number of hydrogen-bond donors (Lipinski definition) is 1. The third kappa shape index (κ3) is 3.38. The Labute approximate surface area is 187 Å². The van der Waals surface area contributed by atoms with E-state index in [4.69, 9.17) is 0 Å². The average Bonchev–Trinajstić information content (AvgIpc) is 3.43. The van der Waals surface area contributed by atoms with Crippen molar-refractivity contribution in [1.29, 1.82) is 0 Å². The lowest BCUT2D eigenvalue weighted by molar-refractivity contribution is -0.127. The number of fused-ring (bicyclic) bond motifs is 2. The summed E-state index contributed by atoms with van der Waals surface area (Å²) in [6.45, 7) is 11.7. The topological polar surface area (TPSA) is 79.2 Å². The summed E-state index contributed by atoms with van der Waals surface area (Å²) in [6, 6.07) is 8.93. The van der Waals surface area contributed by atoms with Gasteiger partial charge in [0.2, 0.25) is 5.91 Å². The number of nitrogens with one attached hydrogen (secondary N) is 1. The molecule has 0 unspecified atom stereocenters. The molecule has 0 bridgehead atoms. The van der Waals surface area contributed by atoms with Gasteiger partial charge < -0.3 is 9.88 Å². The molecular weight excluding hydrogens is 400 g/mol. The van der Waals surface area contributed by atoms with Crippen LogP contribution in [-0.2, 0) is 4.79 Å². The summed E-state index contributed by atoms with van der Waals surface area (Å²) in [4.78, 5) is 17.5. The van der Waals surface area contributed by atoms with E-state index in [0.29, 0.717) is 11.8 Å². The van der Waals surface area contributed by atoms with E-state index in [1.165, 1.54) is 22.6 Å². The molecule has 1 amide bonds. The standard InChI is InChI=1S/C25H28N6O/c1-5-22(32)30-10-8-17(9-11-30)18-6-7-21-20(13-18)23(15(2)3)24(26-21)19-12-16(4)25-27-28-29-31(25)14-19/h5-7,12-15,17,26H,1,8-11H2,2-4H3. The van der Waals surface area contributed by atoms with Crippen molar-refractivity contribution in [3.05, 3.63) is 59.8 Å². The highest BCUT2D eigenvalue weighted by atomic mass is 16.2. The fraction of sp³-hybridized carbons (Fsp3) is 0.360. The molecule has 0 atom stereocenters. The fourth-order valence-electron chi connectivity index (χ4n) is 5.02. The Morgan fingerprint density at radius 1 is 1.25 bits per heavy atom. The minimum atomic E-state index is 0.0334. The largest absolute Gasteiger partial charge is 0.354 e. The summed E-state index contributed by atoms with van der Waals surface area (Å²) in [6.07, 6.45) is 5.37. The number of carbonyl (C=O) groups is 1. The Hall–Kier alpha value is -3.48. The normalized spacial score (nSPS) is 15.2. The van der Waals surface area contributed by atoms with Crippen molar-refractivity contribution in [2.24, 2.45) is 0 Å². The van der Waals surface area contributed by atoms with E-state index in [0.717, 1.165) is 53.9 Å². The van der Waals surface area contributed by atoms with Crippen LogP contribution >= 0.6 is 0 Å². The van der Waals surface area contributed by atoms with Crippen molar-refractivity contribution >= 4 is 22.5 Å². The van der Waals surface area contributed by atoms with Gasteiger partial charge >= 0.3 is 0 Å². The highest BCUT2D eigenvalue weighted by molar-refractivity contribution is 5.92. The predicted molar refractivity (Wildman–Crippen MR) is 126 cm³/mol. The predicted octanol–water partition coefficient (Wildman–Crippen LogP) is 4.60. The number of nitrogens with zero attached hydrogens (tertiary/aromatic N) is 5. The number of hydrogen-bond acceptors (Lipinski definition) is 4. The molecule has 7 nitrogen and oxygen atoms in total. The number of amides is 1. The molecule has 5 rings (SSSR count). The SMILES string of the molecule is C=CC(=O)N1CCC(c2ccc3[nH]c(-c4cc(C)c5nnnn5c4)c(C(C)C)c3c2)CC1. The quantitative estimate of drug-likeness (QED) is 0.482. The maximum atomic E-state index is 11.9. The molecule has 0 saturated carbocycles. The van der Waals surface area contributed by atoms with Crippen molar-refractivity contribution in [1.82, 2.24) is 29.9 Å². The number of carbonyl (C=O) groups excluding carboxylic acids is 1. The highest BCUT2D eigenvalue weighted by Gasteiger charge is 2.24. The summed E-state index contributed by atoms with van der Waals surface area (Å²) in [7, 11) is 0. The van der Waals surface area contributed by atoms with Gasteiger partial charge in [-0.2, -0.15) is 4.52 Å². The number of aryl methyl sites for hydroxylation is 1. The fourth-order valence-corrected chi connectivity index (χ4v) is 5.02. The van der Waals surface area contributed by atoms with E-state index in [1.807, 2.05) is 18.0 Å². The number of aromatic amines is 1. The molecule has 4 heterocycles. The molecule has 1 aliphatic heterocycles. The molecule has 0 radical (unpaired) electrons. The zero-order valence-electron chi connectivity index (χ0n) is 18.8. The molecule has 3 aromatic heterocycles. The van der Waals surface area contributed by atoms with Crippen LogP contribution in [0.5, 0.6) is 0 Å². The number of likely N-dealkylation sites (tertiary alicyclic amines) is 1. The first kappa shape index (κ1) is 20.4. The van der Waals surface area contributed by atoms with E-state index >= 15 is 0 Å². The Morgan fingerprint density at radius 3 is 2.75 bits per heavy atom. The summed E-state index contributed by atoms with van der Waals surface area (Å²) < 4.78 is 1.74. The van der Waals surface area contributed by atoms with Crippen molar-refractivity contribution < 1.29 is 4.79 Å². The molecule has 1 fully saturated rings. The minimum absolute atomic E-state index is 0.0334. The maximum Gasteiger partial charge on any atom is 0.245 e. The number of aromatic nitrogens is 5. The summed E-state index contributed by atoms with van der Waals surface area (Å²) in [5.74, 6) is 0.850. The molecule has 32 heavy (non-hydrogen) atoms. The van der Waals surface area contributed by atoms with Gasteiger partial charge in [0.05, 0.1) is 5.69 Å². The van der Waals surface area contributed by atoms with Crippen LogP contribution in [0.25, 0.3) is 27.8 Å². The molecule has 164 valence electrons. The lowest BCUT2D eigenvalue weighted by Gasteiger charge is -2.31. The number of rotatable bonds is 4. The molecular formula is C25H28N6O. The second kappa shape index (κ2) is 7.89. The van der Waals surface area contributed by atoms with E-state index < -0.39 is 0 Å². The molecule has 1 N–H and O–H groups in total. The van der Waals surface area contributed by atoms with Crippen molar-refractivity contribution in [3.8, 4) is 11.3 Å². The van der Waals surface area contributed by atoms with Gasteiger partial charge in [-0.05, 0) is 83.0 Å². The summed E-state index contributed by atoms with van der Waals surface area (Å²) in [5, 5.41) is 13.3. The molecule has 0 spiro atoms. The van der Waals surface area contributed by atoms with Gasteiger partial charge in [-0.15, -0.1) is 5.10 Å². The van der Waals surface area contributed by atoms with Crippen LogP contribution in [0, 0.1) is 6.92 Å². The summed E-state index contributed by atoms with van der Waals surface area (Å²) >= 11 is 0. The number of piperidine rings is 1. The van der Waals surface area contributed by atoms with Gasteiger partial charge in [0.25, 0.3) is 0 Å². The lowest BCUT2D eigenvalue weighted by atomic mass is 9.87. The zero-order valence-corrected chi connectivity index (χ0v) is 18.8. The Kier molecular flexibility index (Phi) is 5.04. The maximum absolute atomic E-state index is 11.9. The third-order valence-electron chi connectivity index (χ3n) is 6.66. The van der Waals surface area contributed by atoms with Crippen molar-refractivity contribution in [2.75, 3.05) is 13.1 Å². The molecule has 1 aromatic carbocycles. The Balaban J connectivity index is 1.54. The van der Waals surface area contributed by atoms with Crippen LogP contribution in [0.15, 0.2) is 43.1 Å². The van der Waals surface area contributed by atoms with E-state index in [-0.39, 0.29) is 5.91 Å². The minimum Gasteiger partial charge on any atom is -0.354 e. The number of pyridine rings is 1. The second-order valence-electron chi connectivity index (χ2n) is 9.04. The van der Waals surface area contributed by atoms with E-state index in [9.17, 15) is 4.79 Å². The van der Waals surface area contributed by atoms with Gasteiger partial charge in [-0.1, -0.05) is 26.5 Å². The van der Waals surface area contributed by atoms with Crippen LogP contribution in [0.4, 0.5) is 0 Å². The lowest BCUT2D eigenvalue weighted by Crippen LogP contribution is -2.36. The first-order valence-electron chi connectivity index (χ1n) is 11.2. The van der Waals surface area contributed by atoms with Crippen LogP contribution in [0.2, 0.25) is 0 Å². The van der Waals surface area contributed by atoms with Crippen molar-refractivity contribution in [3.63, 3.8) is 0 Å². The Morgan fingerprint density at radius 2 is 2.03 bits per heavy atom. The van der Waals surface area contributed by atoms with E-state index in [1.54, 1.807) is 4.52 Å². The number of H-pyrrole nitrogens is 1. The highest BCUT2D eigenvalue weighted by Crippen LogP contribution is 2.38. The summed E-state index contributed by atoms with van der Waals surface area (Å²) in [5.41, 5.74) is 7.83. The first-order valence-corrected chi connectivity index (χ1v) is 11.2. The second-order valence-corrected chi connectivity index (χ2v) is 9.04. The molecule has 7 heteroatoms. The monoisotopic (exact) mass is 428 g/mol. The molecule has 4 aromatic rings. The molecule has 0 aliphatic carbocycles. The van der Waals surface area contributed by atoms with Crippen LogP contribution in [0.1, 0.15) is 55.2 Å². The van der Waals surface area contributed by atoms with Crippen LogP contribution in [-0.4, -0.2) is 48.9 Å². The smallest absolute Gasteiger partial charge is 0.245 e. The Bertz CT molecular complexity index is 1320. The zero-order chi connectivity index (χ0) is 22.4. The van der Waals surface area contributed by atoms with Gasteiger partial charge in [-0.25, -0.2) is 0 Å². The molecule has 1 aliphatic rings. The van der Waals surface area contributed by atoms with Crippen molar-refractivity contribution in [2.45, 2.75) is 45.4 Å². The number of benzene rings is 1. The average molecular weight is 429 g/mol. The van der Waals surface area contributed by atoms with Gasteiger partial charge in [0, 0.05) is 35.8 Å². The van der Waals surface area contributed by atoms with Crippen LogP contribution < -0.4 is 0 Å². The van der Waals surface area contributed by atoms with Gasteiger partial charge in [0.15, 0.2) is 5.65 Å². The third-order valence-corrected chi connectivity index (χ3v) is 6.66.